The minimum Gasteiger partial charge on any atom is -0.244 e. The fourth-order valence-electron chi connectivity index (χ4n) is 2.36. The van der Waals surface area contributed by atoms with Crippen molar-refractivity contribution in [3.8, 4) is 0 Å². The number of rotatable bonds is 2. The molecule has 0 radical (unpaired) electrons. The summed E-state index contributed by atoms with van der Waals surface area (Å²) in [4.78, 5) is 14.2. The molecule has 0 amide bonds. The normalized spacial score (nSPS) is 32.7. The Balaban J connectivity index is 2.35. The minimum atomic E-state index is -1.23. The van der Waals surface area contributed by atoms with Crippen LogP contribution in [0.25, 0.3) is 0 Å². The van der Waals surface area contributed by atoms with E-state index in [9.17, 15) is 9.18 Å². The van der Waals surface area contributed by atoms with Gasteiger partial charge in [0.15, 0.2) is 0 Å². The van der Waals surface area contributed by atoms with Crippen LogP contribution in [0.1, 0.15) is 25.3 Å². The molecule has 1 fully saturated rings. The molecular formula is C12H11BrFNO. The van der Waals surface area contributed by atoms with Gasteiger partial charge in [0, 0.05) is 17.3 Å². The summed E-state index contributed by atoms with van der Waals surface area (Å²) >= 11 is 3.33. The van der Waals surface area contributed by atoms with Gasteiger partial charge in [0.2, 0.25) is 6.08 Å². The van der Waals surface area contributed by atoms with E-state index in [1.807, 2.05) is 24.3 Å². The summed E-state index contributed by atoms with van der Waals surface area (Å²) < 4.78 is 14.5. The van der Waals surface area contributed by atoms with Gasteiger partial charge in [-0.1, -0.05) is 28.1 Å². The topological polar surface area (TPSA) is 29.4 Å². The van der Waals surface area contributed by atoms with Crippen molar-refractivity contribution in [3.63, 3.8) is 0 Å². The summed E-state index contributed by atoms with van der Waals surface area (Å²) in [6, 6.07) is 7.46. The Labute approximate surface area is 102 Å². The molecule has 0 spiro atoms. The summed E-state index contributed by atoms with van der Waals surface area (Å²) in [5.74, 6) is 0. The summed E-state index contributed by atoms with van der Waals surface area (Å²) in [5, 5.41) is 0. The van der Waals surface area contributed by atoms with Crippen molar-refractivity contribution in [3.05, 3.63) is 34.3 Å². The largest absolute Gasteiger partial charge is 0.244 e. The summed E-state index contributed by atoms with van der Waals surface area (Å²) in [6.45, 7) is 1.53. The van der Waals surface area contributed by atoms with Crippen LogP contribution in [0.4, 0.5) is 4.39 Å². The van der Waals surface area contributed by atoms with E-state index in [1.165, 1.54) is 6.92 Å². The van der Waals surface area contributed by atoms with Crippen LogP contribution in [0.2, 0.25) is 0 Å². The van der Waals surface area contributed by atoms with Crippen LogP contribution in [0, 0.1) is 0 Å². The number of benzene rings is 1. The van der Waals surface area contributed by atoms with E-state index in [0.717, 1.165) is 10.0 Å². The Morgan fingerprint density at radius 1 is 1.38 bits per heavy atom. The molecule has 2 rings (SSSR count). The van der Waals surface area contributed by atoms with Gasteiger partial charge >= 0.3 is 0 Å². The molecule has 1 saturated carbocycles. The van der Waals surface area contributed by atoms with Gasteiger partial charge in [-0.05, 0) is 24.6 Å². The molecule has 0 saturated heterocycles. The Hall–Kier alpha value is -0.990. The fourth-order valence-corrected chi connectivity index (χ4v) is 2.63. The van der Waals surface area contributed by atoms with Crippen molar-refractivity contribution in [2.24, 2.45) is 4.99 Å². The van der Waals surface area contributed by atoms with Gasteiger partial charge in [0.05, 0.1) is 0 Å². The Kier molecular flexibility index (Phi) is 2.72. The first kappa shape index (κ1) is 11.5. The lowest BCUT2D eigenvalue weighted by Crippen LogP contribution is -2.48. The first-order valence-electron chi connectivity index (χ1n) is 5.01. The Bertz CT molecular complexity index is 441. The monoisotopic (exact) mass is 283 g/mol. The third-order valence-corrected chi connectivity index (χ3v) is 3.49. The lowest BCUT2D eigenvalue weighted by Gasteiger charge is -2.46. The highest BCUT2D eigenvalue weighted by atomic mass is 79.9. The van der Waals surface area contributed by atoms with E-state index >= 15 is 0 Å². The van der Waals surface area contributed by atoms with Gasteiger partial charge in [0.1, 0.15) is 11.2 Å². The van der Waals surface area contributed by atoms with Crippen LogP contribution < -0.4 is 0 Å². The SMILES string of the molecule is CC1(F)CC(N=C=O)(c2ccc(Br)cc2)C1. The molecule has 4 heteroatoms. The molecular weight excluding hydrogens is 273 g/mol. The number of halogens is 2. The number of hydrogen-bond acceptors (Lipinski definition) is 2. The van der Waals surface area contributed by atoms with E-state index < -0.39 is 11.2 Å². The molecule has 1 aliphatic rings. The molecule has 1 aromatic rings. The Morgan fingerprint density at radius 3 is 2.38 bits per heavy atom. The highest BCUT2D eigenvalue weighted by Crippen LogP contribution is 2.53. The molecule has 0 aromatic heterocycles. The first-order valence-corrected chi connectivity index (χ1v) is 5.81. The summed E-state index contributed by atoms with van der Waals surface area (Å²) in [6.07, 6.45) is 2.05. The van der Waals surface area contributed by atoms with Crippen molar-refractivity contribution in [2.75, 3.05) is 0 Å². The second-order valence-electron chi connectivity index (χ2n) is 4.51. The third-order valence-electron chi connectivity index (χ3n) is 2.96. The van der Waals surface area contributed by atoms with Gasteiger partial charge in [-0.15, -0.1) is 0 Å². The third kappa shape index (κ3) is 1.95. The van der Waals surface area contributed by atoms with E-state index in [-0.39, 0.29) is 12.8 Å². The van der Waals surface area contributed by atoms with E-state index in [1.54, 1.807) is 6.08 Å². The number of carbonyl (C=O) groups excluding carboxylic acids is 1. The smallest absolute Gasteiger partial charge is 0.235 e. The van der Waals surface area contributed by atoms with Crippen LogP contribution in [0.15, 0.2) is 33.7 Å². The van der Waals surface area contributed by atoms with E-state index in [4.69, 9.17) is 0 Å². The van der Waals surface area contributed by atoms with Gasteiger partial charge in [-0.2, -0.15) is 4.99 Å². The fraction of sp³-hybridized carbons (Fsp3) is 0.417. The van der Waals surface area contributed by atoms with Crippen LogP contribution in [0.3, 0.4) is 0 Å². The lowest BCUT2D eigenvalue weighted by molar-refractivity contribution is 0.00285. The first-order chi connectivity index (χ1) is 7.47. The van der Waals surface area contributed by atoms with Gasteiger partial charge in [0.25, 0.3) is 0 Å². The van der Waals surface area contributed by atoms with Crippen molar-refractivity contribution in [1.29, 1.82) is 0 Å². The predicted molar refractivity (Wildman–Crippen MR) is 62.7 cm³/mol. The highest BCUT2D eigenvalue weighted by Gasteiger charge is 2.54. The summed E-state index contributed by atoms with van der Waals surface area (Å²) in [7, 11) is 0. The highest BCUT2D eigenvalue weighted by molar-refractivity contribution is 9.10. The molecule has 2 nitrogen and oxygen atoms in total. The van der Waals surface area contributed by atoms with Crippen LogP contribution >= 0.6 is 15.9 Å². The van der Waals surface area contributed by atoms with Crippen LogP contribution in [0.5, 0.6) is 0 Å². The molecule has 0 heterocycles. The molecule has 1 aromatic carbocycles. The van der Waals surface area contributed by atoms with Crippen molar-refractivity contribution in [2.45, 2.75) is 31.0 Å². The predicted octanol–water partition coefficient (Wildman–Crippen LogP) is 3.50. The zero-order valence-corrected chi connectivity index (χ0v) is 10.4. The number of hydrogen-bond donors (Lipinski definition) is 0. The Morgan fingerprint density at radius 2 is 1.94 bits per heavy atom. The van der Waals surface area contributed by atoms with E-state index in [0.29, 0.717) is 0 Å². The van der Waals surface area contributed by atoms with Crippen LogP contribution in [-0.4, -0.2) is 11.7 Å². The molecule has 0 N–H and O–H groups in total. The molecule has 1 aliphatic carbocycles. The second-order valence-corrected chi connectivity index (χ2v) is 5.42. The molecule has 0 unspecified atom stereocenters. The van der Waals surface area contributed by atoms with Crippen molar-refractivity contribution >= 4 is 22.0 Å². The molecule has 16 heavy (non-hydrogen) atoms. The molecule has 0 aliphatic heterocycles. The minimum absolute atomic E-state index is 0.247. The van der Waals surface area contributed by atoms with Gasteiger partial charge < -0.3 is 0 Å². The number of alkyl halides is 1. The number of aliphatic imine (C=N–C) groups is 1. The van der Waals surface area contributed by atoms with Gasteiger partial charge in [-0.25, -0.2) is 9.18 Å². The quantitative estimate of drug-likeness (QED) is 0.603. The van der Waals surface area contributed by atoms with Crippen molar-refractivity contribution < 1.29 is 9.18 Å². The maximum Gasteiger partial charge on any atom is 0.235 e. The van der Waals surface area contributed by atoms with Crippen molar-refractivity contribution in [1.82, 2.24) is 0 Å². The van der Waals surface area contributed by atoms with E-state index in [2.05, 4.69) is 20.9 Å². The second kappa shape index (κ2) is 3.79. The average Bonchev–Trinajstić information content (AvgIpc) is 2.16. The maximum atomic E-state index is 13.6. The average molecular weight is 284 g/mol. The number of nitrogens with zero attached hydrogens (tertiary/aromatic N) is 1. The zero-order valence-electron chi connectivity index (χ0n) is 8.84. The zero-order chi connectivity index (χ0) is 11.8. The molecule has 84 valence electrons. The number of isocyanates is 1. The van der Waals surface area contributed by atoms with Gasteiger partial charge in [-0.3, -0.25) is 0 Å². The standard InChI is InChI=1S/C12H11BrFNO/c1-11(14)6-12(7-11,15-8-16)9-2-4-10(13)5-3-9/h2-5H,6-7H2,1H3. The van der Waals surface area contributed by atoms with Crippen LogP contribution in [-0.2, 0) is 10.3 Å². The lowest BCUT2D eigenvalue weighted by atomic mass is 9.64. The molecule has 0 bridgehead atoms. The summed E-state index contributed by atoms with van der Waals surface area (Å²) in [5.41, 5.74) is -1.06. The molecule has 0 atom stereocenters. The maximum absolute atomic E-state index is 13.6.